The van der Waals surface area contributed by atoms with Crippen molar-refractivity contribution in [1.82, 2.24) is 0 Å². The van der Waals surface area contributed by atoms with E-state index in [9.17, 15) is 19.2 Å². The second-order valence-corrected chi connectivity index (χ2v) is 11.0. The lowest BCUT2D eigenvalue weighted by Crippen LogP contribution is -2.50. The Hall–Kier alpha value is -5.70. The summed E-state index contributed by atoms with van der Waals surface area (Å²) in [5.74, 6) is -2.28. The van der Waals surface area contributed by atoms with Gasteiger partial charge in [-0.25, -0.2) is 9.69 Å². The maximum atomic E-state index is 14.1. The summed E-state index contributed by atoms with van der Waals surface area (Å²) in [7, 11) is 0. The maximum Gasteiger partial charge on any atom is 0.335 e. The summed E-state index contributed by atoms with van der Waals surface area (Å²) in [6, 6.07) is 26.1. The van der Waals surface area contributed by atoms with Crippen molar-refractivity contribution < 1.29 is 33.4 Å². The van der Waals surface area contributed by atoms with Gasteiger partial charge in [-0.05, 0) is 48.0 Å². The first kappa shape index (κ1) is 26.0. The highest BCUT2D eigenvalue weighted by atomic mass is 16.7. The minimum atomic E-state index is -1.07. The lowest BCUT2D eigenvalue weighted by molar-refractivity contribution is -0.139. The standard InChI is InChI=1S/C35H24N2O7/c38-32(21-7-2-1-3-8-21)22-10-14-24(15-11-22)44-35(41)31-30-29(26-16-12-20-6-4-5-9-25(20)37(26)31)33(39)36(34(30)40)23-13-17-27-28(18-23)43-19-42-27/h1-18,26,29-31H,19H2/t26-,29-,30+,31+/m1/s1. The van der Waals surface area contributed by atoms with E-state index in [0.29, 0.717) is 28.3 Å². The molecule has 0 bridgehead atoms. The number of hydrogen-bond donors (Lipinski definition) is 0. The second-order valence-electron chi connectivity index (χ2n) is 11.0. The third kappa shape index (κ3) is 3.93. The van der Waals surface area contributed by atoms with Gasteiger partial charge < -0.3 is 19.1 Å². The van der Waals surface area contributed by atoms with Crippen LogP contribution >= 0.6 is 0 Å². The van der Waals surface area contributed by atoms with Crippen molar-refractivity contribution in [2.45, 2.75) is 12.1 Å². The summed E-state index contributed by atoms with van der Waals surface area (Å²) >= 11 is 0. The number of carbonyl (C=O) groups excluding carboxylic acids is 4. The van der Waals surface area contributed by atoms with Gasteiger partial charge >= 0.3 is 5.97 Å². The van der Waals surface area contributed by atoms with E-state index in [1.54, 1.807) is 66.7 Å². The SMILES string of the molecule is O=C(c1ccccc1)c1ccc(OC(=O)[C@@H]2[C@H]3C(=O)N(c4ccc5c(c4)OCO5)C(=O)[C@@H]3[C@H]3C=Cc4ccccc4N32)cc1. The fourth-order valence-corrected chi connectivity index (χ4v) is 6.67. The first-order chi connectivity index (χ1) is 21.5. The topological polar surface area (TPSA) is 102 Å². The molecule has 0 radical (unpaired) electrons. The van der Waals surface area contributed by atoms with Gasteiger partial charge in [0.2, 0.25) is 18.6 Å². The summed E-state index contributed by atoms with van der Waals surface area (Å²) in [6.45, 7) is 0.0580. The van der Waals surface area contributed by atoms with Crippen LogP contribution in [-0.2, 0) is 14.4 Å². The Kier molecular flexibility index (Phi) is 5.87. The van der Waals surface area contributed by atoms with Gasteiger partial charge in [-0.2, -0.15) is 0 Å². The van der Waals surface area contributed by atoms with Gasteiger partial charge in [0.05, 0.1) is 23.6 Å². The van der Waals surface area contributed by atoms with Crippen LogP contribution in [-0.4, -0.2) is 42.4 Å². The van der Waals surface area contributed by atoms with Crippen LogP contribution in [0, 0.1) is 11.8 Å². The highest BCUT2D eigenvalue weighted by Crippen LogP contribution is 2.50. The highest BCUT2D eigenvalue weighted by Gasteiger charge is 2.65. The molecule has 4 atom stereocenters. The molecule has 2 amide bonds. The normalized spacial score (nSPS) is 22.5. The molecule has 4 aromatic rings. The quantitative estimate of drug-likeness (QED) is 0.145. The summed E-state index contributed by atoms with van der Waals surface area (Å²) in [4.78, 5) is 58.0. The molecule has 0 N–H and O–H groups in total. The second kappa shape index (κ2) is 9.95. The number of fused-ring (bicyclic) bond motifs is 6. The van der Waals surface area contributed by atoms with Crippen molar-refractivity contribution in [2.75, 3.05) is 16.6 Å². The number of ether oxygens (including phenoxy) is 3. The molecule has 4 aliphatic rings. The van der Waals surface area contributed by atoms with Crippen molar-refractivity contribution in [2.24, 2.45) is 11.8 Å². The Bertz CT molecular complexity index is 1890. The number of amides is 2. The molecular formula is C35H24N2O7. The molecule has 0 aromatic heterocycles. The number of esters is 1. The van der Waals surface area contributed by atoms with E-state index in [1.807, 2.05) is 47.4 Å². The Morgan fingerprint density at radius 2 is 1.45 bits per heavy atom. The number of rotatable bonds is 5. The zero-order valence-corrected chi connectivity index (χ0v) is 23.2. The first-order valence-electron chi connectivity index (χ1n) is 14.2. The molecule has 0 spiro atoms. The van der Waals surface area contributed by atoms with Gasteiger partial charge in [0.25, 0.3) is 0 Å². The Balaban J connectivity index is 1.13. The van der Waals surface area contributed by atoms with E-state index in [0.717, 1.165) is 16.2 Å². The van der Waals surface area contributed by atoms with Crippen LogP contribution in [0.15, 0.2) is 103 Å². The lowest BCUT2D eigenvalue weighted by Gasteiger charge is -2.36. The zero-order valence-electron chi connectivity index (χ0n) is 23.2. The van der Waals surface area contributed by atoms with Crippen LogP contribution in [0.5, 0.6) is 17.2 Å². The number of para-hydroxylation sites is 1. The fourth-order valence-electron chi connectivity index (χ4n) is 6.67. The van der Waals surface area contributed by atoms with E-state index in [4.69, 9.17) is 14.2 Å². The van der Waals surface area contributed by atoms with E-state index in [2.05, 4.69) is 0 Å². The van der Waals surface area contributed by atoms with Crippen molar-refractivity contribution in [3.8, 4) is 17.2 Å². The molecule has 4 heterocycles. The maximum absolute atomic E-state index is 14.1. The number of nitrogens with zero attached hydrogens (tertiary/aromatic N) is 2. The van der Waals surface area contributed by atoms with Crippen molar-refractivity contribution >= 4 is 41.0 Å². The van der Waals surface area contributed by atoms with E-state index >= 15 is 0 Å². The number of anilines is 2. The molecule has 9 nitrogen and oxygen atoms in total. The highest BCUT2D eigenvalue weighted by molar-refractivity contribution is 6.24. The van der Waals surface area contributed by atoms with Gasteiger partial charge in [-0.15, -0.1) is 0 Å². The molecule has 44 heavy (non-hydrogen) atoms. The predicted octanol–water partition coefficient (Wildman–Crippen LogP) is 4.64. The first-order valence-corrected chi connectivity index (χ1v) is 14.2. The van der Waals surface area contributed by atoms with Crippen LogP contribution in [0.4, 0.5) is 11.4 Å². The Morgan fingerprint density at radius 1 is 0.750 bits per heavy atom. The molecule has 9 heteroatoms. The smallest absolute Gasteiger partial charge is 0.335 e. The molecular weight excluding hydrogens is 560 g/mol. The number of hydrogen-bond acceptors (Lipinski definition) is 8. The molecule has 8 rings (SSSR count). The van der Waals surface area contributed by atoms with Crippen LogP contribution in [0.1, 0.15) is 21.5 Å². The Morgan fingerprint density at radius 3 is 2.27 bits per heavy atom. The van der Waals surface area contributed by atoms with Crippen LogP contribution in [0.3, 0.4) is 0 Å². The third-order valence-electron chi connectivity index (χ3n) is 8.64. The number of carbonyl (C=O) groups is 4. The fraction of sp³-hybridized carbons (Fsp3) is 0.143. The zero-order chi connectivity index (χ0) is 29.9. The van der Waals surface area contributed by atoms with Crippen molar-refractivity contribution in [3.63, 3.8) is 0 Å². The average molecular weight is 585 g/mol. The van der Waals surface area contributed by atoms with Gasteiger partial charge in [-0.3, -0.25) is 14.4 Å². The molecule has 216 valence electrons. The van der Waals surface area contributed by atoms with Crippen LogP contribution < -0.4 is 24.0 Å². The largest absolute Gasteiger partial charge is 0.454 e. The molecule has 2 saturated heterocycles. The molecule has 2 fully saturated rings. The minimum Gasteiger partial charge on any atom is -0.454 e. The lowest BCUT2D eigenvalue weighted by atomic mass is 9.89. The van der Waals surface area contributed by atoms with Crippen LogP contribution in [0.25, 0.3) is 6.08 Å². The molecule has 0 saturated carbocycles. The molecule has 4 aliphatic heterocycles. The molecule has 4 aromatic carbocycles. The van der Waals surface area contributed by atoms with E-state index in [-0.39, 0.29) is 18.3 Å². The van der Waals surface area contributed by atoms with Gasteiger partial charge in [0.15, 0.2) is 17.3 Å². The van der Waals surface area contributed by atoms with E-state index < -0.39 is 41.7 Å². The van der Waals surface area contributed by atoms with Gasteiger partial charge in [0.1, 0.15) is 11.8 Å². The number of imide groups is 1. The van der Waals surface area contributed by atoms with Crippen molar-refractivity contribution in [1.29, 1.82) is 0 Å². The minimum absolute atomic E-state index is 0.0580. The summed E-state index contributed by atoms with van der Waals surface area (Å²) in [6.07, 6.45) is 3.80. The number of ketones is 1. The predicted molar refractivity (Wildman–Crippen MR) is 160 cm³/mol. The monoisotopic (exact) mass is 584 g/mol. The Labute approximate surface area is 251 Å². The molecule has 0 unspecified atom stereocenters. The number of benzene rings is 4. The summed E-state index contributed by atoms with van der Waals surface area (Å²) in [5, 5.41) is 0. The summed E-state index contributed by atoms with van der Waals surface area (Å²) < 4.78 is 16.7. The van der Waals surface area contributed by atoms with Crippen LogP contribution in [0.2, 0.25) is 0 Å². The van der Waals surface area contributed by atoms with Gasteiger partial charge in [0, 0.05) is 22.9 Å². The average Bonchev–Trinajstić information content (AvgIpc) is 3.74. The van der Waals surface area contributed by atoms with Crippen molar-refractivity contribution in [3.05, 3.63) is 120 Å². The third-order valence-corrected chi connectivity index (χ3v) is 8.64. The van der Waals surface area contributed by atoms with E-state index in [1.165, 1.54) is 0 Å². The van der Waals surface area contributed by atoms with Gasteiger partial charge in [-0.1, -0.05) is 60.7 Å². The molecule has 0 aliphatic carbocycles. The summed E-state index contributed by atoms with van der Waals surface area (Å²) in [5.41, 5.74) is 2.97.